The minimum absolute atomic E-state index is 0.0551. The maximum atomic E-state index is 13.0. The summed E-state index contributed by atoms with van der Waals surface area (Å²) >= 11 is 0. The van der Waals surface area contributed by atoms with Gasteiger partial charge in [-0.1, -0.05) is 48.5 Å². The highest BCUT2D eigenvalue weighted by Crippen LogP contribution is 2.32. The molecular weight excluding hydrogens is 414 g/mol. The van der Waals surface area contributed by atoms with E-state index in [2.05, 4.69) is 4.90 Å². The van der Waals surface area contributed by atoms with Crippen molar-refractivity contribution in [3.8, 4) is 11.3 Å². The smallest absolute Gasteiger partial charge is 0.336 e. The third-order valence-electron chi connectivity index (χ3n) is 6.57. The fourth-order valence-electron chi connectivity index (χ4n) is 4.90. The maximum absolute atomic E-state index is 13.0. The first-order valence-corrected chi connectivity index (χ1v) is 11.7. The molecule has 0 aliphatic carbocycles. The Hall–Kier alpha value is -3.25. The largest absolute Gasteiger partial charge is 0.478 e. The number of amides is 1. The summed E-state index contributed by atoms with van der Waals surface area (Å²) in [5.41, 5.74) is 3.28. The van der Waals surface area contributed by atoms with Crippen molar-refractivity contribution in [2.45, 2.75) is 33.2 Å². The summed E-state index contributed by atoms with van der Waals surface area (Å²) in [5, 5.41) is 10.9. The Labute approximate surface area is 194 Å². The van der Waals surface area contributed by atoms with Crippen LogP contribution in [0.1, 0.15) is 42.6 Å². The second-order valence-corrected chi connectivity index (χ2v) is 8.59. The number of carbonyl (C=O) groups excluding carboxylic acids is 1. The monoisotopic (exact) mass is 445 g/mol. The zero-order valence-electron chi connectivity index (χ0n) is 19.3. The topological polar surface area (TPSA) is 73.7 Å². The van der Waals surface area contributed by atoms with E-state index in [1.165, 1.54) is 0 Å². The summed E-state index contributed by atoms with van der Waals surface area (Å²) in [6.45, 7) is 7.36. The number of pyridine rings is 1. The van der Waals surface area contributed by atoms with Crippen molar-refractivity contribution < 1.29 is 14.7 Å². The molecule has 33 heavy (non-hydrogen) atoms. The van der Waals surface area contributed by atoms with E-state index in [0.717, 1.165) is 24.9 Å². The number of aromatic nitrogens is 1. The number of carboxylic acid groups (broad SMARTS) is 1. The van der Waals surface area contributed by atoms with E-state index >= 15 is 0 Å². The molecule has 3 aromatic rings. The van der Waals surface area contributed by atoms with E-state index in [-0.39, 0.29) is 11.8 Å². The number of rotatable bonds is 7. The number of hydrogen-bond donors (Lipinski definition) is 1. The zero-order chi connectivity index (χ0) is 23.4. The lowest BCUT2D eigenvalue weighted by atomic mass is 9.93. The first kappa shape index (κ1) is 22.9. The van der Waals surface area contributed by atoms with Crippen molar-refractivity contribution in [3.63, 3.8) is 0 Å². The van der Waals surface area contributed by atoms with Gasteiger partial charge in [-0.25, -0.2) is 9.78 Å². The molecule has 1 saturated heterocycles. The third-order valence-corrected chi connectivity index (χ3v) is 6.57. The molecule has 0 spiro atoms. The number of carboxylic acids is 1. The van der Waals surface area contributed by atoms with Crippen LogP contribution in [0.15, 0.2) is 54.6 Å². The summed E-state index contributed by atoms with van der Waals surface area (Å²) in [6.07, 6.45) is 1.79. The third kappa shape index (κ3) is 4.76. The Morgan fingerprint density at radius 1 is 1.06 bits per heavy atom. The van der Waals surface area contributed by atoms with Gasteiger partial charge in [-0.15, -0.1) is 0 Å². The maximum Gasteiger partial charge on any atom is 0.336 e. The average Bonchev–Trinajstić information content (AvgIpc) is 2.84. The quantitative estimate of drug-likeness (QED) is 0.572. The molecule has 2 aromatic carbocycles. The fraction of sp³-hybridized carbons (Fsp3) is 0.370. The van der Waals surface area contributed by atoms with Gasteiger partial charge in [-0.3, -0.25) is 9.69 Å². The molecule has 172 valence electrons. The van der Waals surface area contributed by atoms with Crippen LogP contribution in [0.5, 0.6) is 0 Å². The van der Waals surface area contributed by atoms with Gasteiger partial charge in [0.2, 0.25) is 5.91 Å². The lowest BCUT2D eigenvalue weighted by Gasteiger charge is -2.35. The number of carbonyl (C=O) groups is 2. The highest BCUT2D eigenvalue weighted by atomic mass is 16.4. The Bertz CT molecular complexity index is 1140. The molecule has 0 bridgehead atoms. The van der Waals surface area contributed by atoms with Gasteiger partial charge in [-0.2, -0.15) is 0 Å². The first-order chi connectivity index (χ1) is 16.0. The molecule has 1 unspecified atom stereocenters. The molecule has 1 aliphatic rings. The summed E-state index contributed by atoms with van der Waals surface area (Å²) in [7, 11) is 0. The molecule has 1 N–H and O–H groups in total. The van der Waals surface area contributed by atoms with Gasteiger partial charge >= 0.3 is 5.97 Å². The van der Waals surface area contributed by atoms with E-state index in [0.29, 0.717) is 53.9 Å². The molecule has 0 saturated carbocycles. The van der Waals surface area contributed by atoms with Crippen molar-refractivity contribution in [3.05, 3.63) is 65.7 Å². The standard InChI is InChI=1S/C27H31N3O3/c1-3-30(4-2)26(31)20-13-10-16-29(17-20)18-22-24(27(32)33)21-14-8-9-15-23(21)28-25(22)19-11-6-5-7-12-19/h5-9,11-12,14-15,20H,3-4,10,13,16-18H2,1-2H3,(H,32,33). The van der Waals surface area contributed by atoms with Crippen LogP contribution in [-0.4, -0.2) is 57.9 Å². The minimum Gasteiger partial charge on any atom is -0.478 e. The summed E-state index contributed by atoms with van der Waals surface area (Å²) in [5.74, 6) is -0.808. The molecule has 6 heteroatoms. The Balaban J connectivity index is 1.75. The Kier molecular flexibility index (Phi) is 7.04. The van der Waals surface area contributed by atoms with E-state index in [1.807, 2.05) is 73.3 Å². The number of likely N-dealkylation sites (tertiary alicyclic amines) is 1. The van der Waals surface area contributed by atoms with Gasteiger partial charge in [0.25, 0.3) is 0 Å². The zero-order valence-corrected chi connectivity index (χ0v) is 19.3. The van der Waals surface area contributed by atoms with Gasteiger partial charge in [-0.05, 0) is 39.3 Å². The Morgan fingerprint density at radius 2 is 1.76 bits per heavy atom. The molecule has 1 aromatic heterocycles. The van der Waals surface area contributed by atoms with Crippen LogP contribution in [0.3, 0.4) is 0 Å². The molecule has 4 rings (SSSR count). The number of hydrogen-bond acceptors (Lipinski definition) is 4. The molecule has 1 fully saturated rings. The van der Waals surface area contributed by atoms with Gasteiger partial charge in [0.1, 0.15) is 0 Å². The van der Waals surface area contributed by atoms with Crippen LogP contribution < -0.4 is 0 Å². The van der Waals surface area contributed by atoms with Crippen molar-refractivity contribution in [2.24, 2.45) is 5.92 Å². The summed E-state index contributed by atoms with van der Waals surface area (Å²) in [4.78, 5) is 34.5. The predicted molar refractivity (Wildman–Crippen MR) is 130 cm³/mol. The van der Waals surface area contributed by atoms with Crippen LogP contribution in [0, 0.1) is 5.92 Å². The number of fused-ring (bicyclic) bond motifs is 1. The highest BCUT2D eigenvalue weighted by Gasteiger charge is 2.30. The molecule has 6 nitrogen and oxygen atoms in total. The van der Waals surface area contributed by atoms with Crippen LogP contribution in [0.25, 0.3) is 22.2 Å². The number of para-hydroxylation sites is 1. The minimum atomic E-state index is -0.950. The van der Waals surface area contributed by atoms with Crippen LogP contribution in [0.4, 0.5) is 0 Å². The van der Waals surface area contributed by atoms with Crippen LogP contribution in [-0.2, 0) is 11.3 Å². The predicted octanol–water partition coefficient (Wildman–Crippen LogP) is 4.68. The number of nitrogens with zero attached hydrogens (tertiary/aromatic N) is 3. The van der Waals surface area contributed by atoms with Crippen molar-refractivity contribution >= 4 is 22.8 Å². The van der Waals surface area contributed by atoms with E-state index in [1.54, 1.807) is 0 Å². The van der Waals surface area contributed by atoms with E-state index in [9.17, 15) is 14.7 Å². The second-order valence-electron chi connectivity index (χ2n) is 8.59. The normalized spacial score (nSPS) is 16.6. The SMILES string of the molecule is CCN(CC)C(=O)C1CCCN(Cc2c(-c3ccccc3)nc3ccccc3c2C(=O)O)C1. The van der Waals surface area contributed by atoms with E-state index < -0.39 is 5.97 Å². The summed E-state index contributed by atoms with van der Waals surface area (Å²) < 4.78 is 0. The fourth-order valence-corrected chi connectivity index (χ4v) is 4.90. The van der Waals surface area contributed by atoms with Gasteiger partial charge < -0.3 is 10.0 Å². The van der Waals surface area contributed by atoms with Crippen molar-refractivity contribution in [2.75, 3.05) is 26.2 Å². The first-order valence-electron chi connectivity index (χ1n) is 11.7. The lowest BCUT2D eigenvalue weighted by molar-refractivity contribution is -0.137. The number of aromatic carboxylic acids is 1. The molecule has 1 atom stereocenters. The van der Waals surface area contributed by atoms with Crippen LogP contribution >= 0.6 is 0 Å². The van der Waals surface area contributed by atoms with Gasteiger partial charge in [0.05, 0.1) is 22.7 Å². The van der Waals surface area contributed by atoms with Crippen molar-refractivity contribution in [1.29, 1.82) is 0 Å². The Morgan fingerprint density at radius 3 is 2.45 bits per heavy atom. The van der Waals surface area contributed by atoms with Crippen LogP contribution in [0.2, 0.25) is 0 Å². The van der Waals surface area contributed by atoms with Crippen molar-refractivity contribution in [1.82, 2.24) is 14.8 Å². The average molecular weight is 446 g/mol. The number of piperidine rings is 1. The molecule has 0 radical (unpaired) electrons. The molecular formula is C27H31N3O3. The highest BCUT2D eigenvalue weighted by molar-refractivity contribution is 6.05. The molecule has 1 aliphatic heterocycles. The lowest BCUT2D eigenvalue weighted by Crippen LogP contribution is -2.44. The molecule has 2 heterocycles. The van der Waals surface area contributed by atoms with E-state index in [4.69, 9.17) is 4.98 Å². The second kappa shape index (κ2) is 10.1. The van der Waals surface area contributed by atoms with Gasteiger partial charge in [0, 0.05) is 42.7 Å². The summed E-state index contributed by atoms with van der Waals surface area (Å²) in [6, 6.07) is 17.2. The molecule has 1 amide bonds. The number of benzene rings is 2. The van der Waals surface area contributed by atoms with Gasteiger partial charge in [0.15, 0.2) is 0 Å².